The molecule has 156 valence electrons. The van der Waals surface area contributed by atoms with Gasteiger partial charge in [0.05, 0.1) is 30.2 Å². The highest BCUT2D eigenvalue weighted by Crippen LogP contribution is 2.32. The molecule has 2 fully saturated rings. The molecule has 2 aromatic rings. The molecule has 2 N–H and O–H groups in total. The molecule has 0 aliphatic carbocycles. The summed E-state index contributed by atoms with van der Waals surface area (Å²) < 4.78 is 0. The number of likely N-dealkylation sites (tertiary alicyclic amines) is 1. The molecular formula is C21H24N6O3. The molecule has 1 atom stereocenters. The molecule has 0 bridgehead atoms. The molecule has 9 nitrogen and oxygen atoms in total. The van der Waals surface area contributed by atoms with Crippen molar-refractivity contribution in [3.8, 4) is 0 Å². The van der Waals surface area contributed by atoms with Crippen LogP contribution in [-0.4, -0.2) is 57.2 Å². The number of amides is 4. The molecule has 2 aliphatic rings. The number of nitrogens with one attached hydrogen (secondary N) is 2. The maximum Gasteiger partial charge on any atom is 0.324 e. The lowest BCUT2D eigenvalue weighted by atomic mass is 10.1. The van der Waals surface area contributed by atoms with Crippen molar-refractivity contribution in [2.24, 2.45) is 0 Å². The number of imide groups is 1. The van der Waals surface area contributed by atoms with Crippen LogP contribution in [0.1, 0.15) is 37.4 Å². The molecule has 2 aromatic heterocycles. The number of pyridine rings is 2. The smallest absolute Gasteiger partial charge is 0.324 e. The number of hydrogen-bond acceptors (Lipinski definition) is 6. The van der Waals surface area contributed by atoms with E-state index in [0.29, 0.717) is 19.4 Å². The van der Waals surface area contributed by atoms with E-state index < -0.39 is 0 Å². The van der Waals surface area contributed by atoms with Gasteiger partial charge in [-0.15, -0.1) is 0 Å². The largest absolute Gasteiger partial charge is 0.339 e. The minimum atomic E-state index is -0.380. The highest BCUT2D eigenvalue weighted by Gasteiger charge is 2.32. The molecule has 4 heterocycles. The van der Waals surface area contributed by atoms with Crippen molar-refractivity contribution in [2.75, 3.05) is 25.0 Å². The number of hydrogen-bond donors (Lipinski definition) is 2. The second-order valence-electron chi connectivity index (χ2n) is 7.36. The summed E-state index contributed by atoms with van der Waals surface area (Å²) in [4.78, 5) is 47.8. The van der Waals surface area contributed by atoms with Crippen LogP contribution in [0.4, 0.5) is 16.3 Å². The number of urea groups is 1. The van der Waals surface area contributed by atoms with Crippen LogP contribution in [0.15, 0.2) is 42.7 Å². The zero-order valence-electron chi connectivity index (χ0n) is 16.6. The first-order valence-electron chi connectivity index (χ1n) is 10.1. The molecule has 9 heteroatoms. The molecule has 1 unspecified atom stereocenters. The Morgan fingerprint density at radius 1 is 1.20 bits per heavy atom. The average molecular weight is 408 g/mol. The zero-order valence-corrected chi connectivity index (χ0v) is 16.6. The number of rotatable bonds is 7. The van der Waals surface area contributed by atoms with E-state index in [-0.39, 0.29) is 37.0 Å². The fraction of sp³-hybridized carbons (Fsp3) is 0.381. The average Bonchev–Trinajstić information content (AvgIpc) is 3.37. The molecule has 4 rings (SSSR count). The van der Waals surface area contributed by atoms with Gasteiger partial charge in [-0.25, -0.2) is 9.78 Å². The van der Waals surface area contributed by atoms with Crippen LogP contribution in [-0.2, 0) is 9.59 Å². The van der Waals surface area contributed by atoms with Crippen LogP contribution in [0.5, 0.6) is 0 Å². The van der Waals surface area contributed by atoms with Crippen LogP contribution in [0.25, 0.3) is 0 Å². The van der Waals surface area contributed by atoms with Gasteiger partial charge in [0.1, 0.15) is 5.82 Å². The summed E-state index contributed by atoms with van der Waals surface area (Å²) in [6, 6.07) is 9.10. The molecular weight excluding hydrogens is 384 g/mol. The molecule has 0 saturated carbocycles. The Balaban J connectivity index is 1.33. The number of aromatic nitrogens is 2. The van der Waals surface area contributed by atoms with Crippen LogP contribution in [0.2, 0.25) is 0 Å². The van der Waals surface area contributed by atoms with Gasteiger partial charge in [0, 0.05) is 25.7 Å². The minimum absolute atomic E-state index is 0.0297. The van der Waals surface area contributed by atoms with E-state index in [1.165, 1.54) is 4.90 Å². The van der Waals surface area contributed by atoms with Gasteiger partial charge in [0.15, 0.2) is 0 Å². The second kappa shape index (κ2) is 8.89. The quantitative estimate of drug-likeness (QED) is 0.680. The van der Waals surface area contributed by atoms with Crippen LogP contribution < -0.4 is 10.6 Å². The monoisotopic (exact) mass is 408 g/mol. The van der Waals surface area contributed by atoms with Gasteiger partial charge in [-0.3, -0.25) is 19.5 Å². The summed E-state index contributed by atoms with van der Waals surface area (Å²) in [5, 5.41) is 5.68. The predicted molar refractivity (Wildman–Crippen MR) is 110 cm³/mol. The summed E-state index contributed by atoms with van der Waals surface area (Å²) in [6.07, 6.45) is 6.03. The van der Waals surface area contributed by atoms with Crippen molar-refractivity contribution in [1.29, 1.82) is 0 Å². The lowest BCUT2D eigenvalue weighted by Crippen LogP contribution is -2.34. The summed E-state index contributed by atoms with van der Waals surface area (Å²) in [7, 11) is 0. The first kappa shape index (κ1) is 19.8. The van der Waals surface area contributed by atoms with Gasteiger partial charge in [-0.05, 0) is 43.5 Å². The van der Waals surface area contributed by atoms with Crippen molar-refractivity contribution in [3.63, 3.8) is 0 Å². The number of carbonyl (C=O) groups is 3. The lowest BCUT2D eigenvalue weighted by molar-refractivity contribution is -0.133. The molecule has 4 amide bonds. The fourth-order valence-electron chi connectivity index (χ4n) is 3.85. The van der Waals surface area contributed by atoms with Crippen molar-refractivity contribution in [3.05, 3.63) is 48.4 Å². The second-order valence-corrected chi connectivity index (χ2v) is 7.36. The topological polar surface area (TPSA) is 108 Å². The SMILES string of the molecule is O=C1CNC(=O)N1CCCC(=O)N1CCCC1c1ccc(Nc2ccccn2)cn1. The third kappa shape index (κ3) is 4.40. The van der Waals surface area contributed by atoms with E-state index >= 15 is 0 Å². The van der Waals surface area contributed by atoms with Crippen molar-refractivity contribution in [1.82, 2.24) is 25.1 Å². The summed E-state index contributed by atoms with van der Waals surface area (Å²) in [6.45, 7) is 1.00. The maximum atomic E-state index is 12.7. The standard InChI is InChI=1S/C21H24N6O3/c28-19(7-4-12-27-20(29)14-24-21(27)30)26-11-3-5-17(26)16-9-8-15(13-23-16)25-18-6-1-2-10-22-18/h1-2,6,8-10,13,17H,3-5,7,11-12,14H2,(H,22,25)(H,24,30). The maximum absolute atomic E-state index is 12.7. The molecule has 2 saturated heterocycles. The Labute approximate surface area is 174 Å². The Hall–Kier alpha value is -3.49. The Kier molecular flexibility index (Phi) is 5.87. The highest BCUT2D eigenvalue weighted by atomic mass is 16.2. The normalized spacial score (nSPS) is 18.6. The molecule has 0 aromatic carbocycles. The summed E-state index contributed by atoms with van der Waals surface area (Å²) >= 11 is 0. The van der Waals surface area contributed by atoms with Crippen LogP contribution in [0.3, 0.4) is 0 Å². The van der Waals surface area contributed by atoms with Crippen LogP contribution >= 0.6 is 0 Å². The van der Waals surface area contributed by atoms with E-state index in [9.17, 15) is 14.4 Å². The molecule has 0 spiro atoms. The van der Waals surface area contributed by atoms with E-state index in [1.54, 1.807) is 12.4 Å². The first-order chi connectivity index (χ1) is 14.6. The predicted octanol–water partition coefficient (Wildman–Crippen LogP) is 2.22. The van der Waals surface area contributed by atoms with Crippen molar-refractivity contribution < 1.29 is 14.4 Å². The van der Waals surface area contributed by atoms with Crippen molar-refractivity contribution in [2.45, 2.75) is 31.7 Å². The van der Waals surface area contributed by atoms with Gasteiger partial charge in [0.25, 0.3) is 0 Å². The van der Waals surface area contributed by atoms with Gasteiger partial charge < -0.3 is 15.5 Å². The molecule has 30 heavy (non-hydrogen) atoms. The number of anilines is 2. The van der Waals surface area contributed by atoms with E-state index in [0.717, 1.165) is 30.0 Å². The van der Waals surface area contributed by atoms with Gasteiger partial charge in [-0.1, -0.05) is 6.07 Å². The minimum Gasteiger partial charge on any atom is -0.339 e. The van der Waals surface area contributed by atoms with E-state index in [2.05, 4.69) is 20.6 Å². The molecule has 2 aliphatic heterocycles. The lowest BCUT2D eigenvalue weighted by Gasteiger charge is -2.25. The first-order valence-corrected chi connectivity index (χ1v) is 10.1. The third-order valence-corrected chi connectivity index (χ3v) is 5.35. The number of carbonyl (C=O) groups excluding carboxylic acids is 3. The number of nitrogens with zero attached hydrogens (tertiary/aromatic N) is 4. The van der Waals surface area contributed by atoms with Gasteiger partial charge in [0.2, 0.25) is 11.8 Å². The molecule has 0 radical (unpaired) electrons. The Bertz CT molecular complexity index is 902. The van der Waals surface area contributed by atoms with E-state index in [1.807, 2.05) is 35.2 Å². The zero-order chi connectivity index (χ0) is 20.9. The van der Waals surface area contributed by atoms with Crippen LogP contribution in [0, 0.1) is 0 Å². The van der Waals surface area contributed by atoms with Gasteiger partial charge >= 0.3 is 6.03 Å². The fourth-order valence-corrected chi connectivity index (χ4v) is 3.85. The highest BCUT2D eigenvalue weighted by molar-refractivity contribution is 6.01. The summed E-state index contributed by atoms with van der Waals surface area (Å²) in [5.41, 5.74) is 1.70. The Morgan fingerprint density at radius 3 is 2.80 bits per heavy atom. The third-order valence-electron chi connectivity index (χ3n) is 5.35. The Morgan fingerprint density at radius 2 is 2.10 bits per heavy atom. The van der Waals surface area contributed by atoms with Crippen molar-refractivity contribution >= 4 is 29.4 Å². The van der Waals surface area contributed by atoms with Gasteiger partial charge in [-0.2, -0.15) is 0 Å². The van der Waals surface area contributed by atoms with E-state index in [4.69, 9.17) is 0 Å². The summed E-state index contributed by atoms with van der Waals surface area (Å²) in [5.74, 6) is 0.534.